The molecule has 1 aliphatic carbocycles. The van der Waals surface area contributed by atoms with Crippen molar-refractivity contribution in [2.75, 3.05) is 0 Å². The first-order valence-corrected chi connectivity index (χ1v) is 12.5. The van der Waals surface area contributed by atoms with Gasteiger partial charge in [-0.05, 0) is 92.0 Å². The maximum Gasteiger partial charge on any atom is 0.336 e. The molecule has 2 aromatic heterocycles. The highest BCUT2D eigenvalue weighted by Gasteiger charge is 2.39. The number of carbonyl (C=O) groups excluding carboxylic acids is 1. The standard InChI is InChI=1S/C30H29N3O3/c1-15-8-21(9-16(2)26(15)30(35)36)25-13-32-28-24(25)11-22(12-31-28)20-7-17(3)27-23(10-20)14-33(29(27)34)18(4)19-5-6-19/h7-13,18-19H,5-6,14H2,1-4H3,(H,31,32)(H,35,36)/t18-/m0/s1. The normalized spacial score (nSPS) is 16.0. The lowest BCUT2D eigenvalue weighted by Crippen LogP contribution is -2.34. The highest BCUT2D eigenvalue weighted by Crippen LogP contribution is 2.40. The van der Waals surface area contributed by atoms with Gasteiger partial charge in [-0.1, -0.05) is 18.2 Å². The van der Waals surface area contributed by atoms with E-state index in [0.717, 1.165) is 61.1 Å². The Morgan fingerprint density at radius 2 is 1.72 bits per heavy atom. The molecule has 1 fully saturated rings. The van der Waals surface area contributed by atoms with Gasteiger partial charge in [0.1, 0.15) is 5.65 Å². The van der Waals surface area contributed by atoms with Crippen molar-refractivity contribution >= 4 is 22.9 Å². The van der Waals surface area contributed by atoms with Crippen molar-refractivity contribution in [2.24, 2.45) is 5.92 Å². The number of aryl methyl sites for hydroxylation is 3. The maximum atomic E-state index is 13.2. The third kappa shape index (κ3) is 3.51. The smallest absolute Gasteiger partial charge is 0.336 e. The van der Waals surface area contributed by atoms with Crippen LogP contribution in [0.3, 0.4) is 0 Å². The van der Waals surface area contributed by atoms with E-state index in [2.05, 4.69) is 35.1 Å². The molecule has 1 amide bonds. The van der Waals surface area contributed by atoms with Crippen LogP contribution in [0.2, 0.25) is 0 Å². The minimum atomic E-state index is -0.907. The van der Waals surface area contributed by atoms with Gasteiger partial charge < -0.3 is 15.0 Å². The number of carboxylic acid groups (broad SMARTS) is 1. The summed E-state index contributed by atoms with van der Waals surface area (Å²) in [4.78, 5) is 34.8. The predicted octanol–water partition coefficient (Wildman–Crippen LogP) is 6.27. The van der Waals surface area contributed by atoms with Gasteiger partial charge in [-0.15, -0.1) is 0 Å². The summed E-state index contributed by atoms with van der Waals surface area (Å²) in [5.41, 5.74) is 9.54. The third-order valence-electron chi connectivity index (χ3n) is 7.95. The molecule has 6 rings (SSSR count). The van der Waals surface area contributed by atoms with E-state index in [1.165, 1.54) is 12.8 Å². The molecule has 0 unspecified atom stereocenters. The second-order valence-electron chi connectivity index (χ2n) is 10.5. The van der Waals surface area contributed by atoms with Crippen LogP contribution < -0.4 is 0 Å². The molecular formula is C30H29N3O3. The van der Waals surface area contributed by atoms with Gasteiger partial charge >= 0.3 is 5.97 Å². The number of hydrogen-bond donors (Lipinski definition) is 2. The minimum absolute atomic E-state index is 0.158. The van der Waals surface area contributed by atoms with Gasteiger partial charge in [0.05, 0.1) is 5.56 Å². The number of nitrogens with one attached hydrogen (secondary N) is 1. The van der Waals surface area contributed by atoms with E-state index in [4.69, 9.17) is 0 Å². The SMILES string of the molecule is Cc1cc(-c2c[nH]c3ncc(-c4cc(C)c5c(c4)CN([C@@H](C)C4CC4)C5=O)cc23)cc(C)c1C(=O)O. The Balaban J connectivity index is 1.41. The molecule has 6 heteroatoms. The first-order chi connectivity index (χ1) is 17.2. The highest BCUT2D eigenvalue weighted by atomic mass is 16.4. The van der Waals surface area contributed by atoms with Gasteiger partial charge in [-0.25, -0.2) is 9.78 Å². The van der Waals surface area contributed by atoms with E-state index in [1.807, 2.05) is 50.2 Å². The Kier molecular flexibility index (Phi) is 5.04. The molecule has 2 aliphatic rings. The summed E-state index contributed by atoms with van der Waals surface area (Å²) in [6.45, 7) is 8.53. The third-order valence-corrected chi connectivity index (χ3v) is 7.95. The summed E-state index contributed by atoms with van der Waals surface area (Å²) in [6, 6.07) is 10.5. The van der Waals surface area contributed by atoms with E-state index in [-0.39, 0.29) is 11.9 Å². The number of rotatable bonds is 5. The number of fused-ring (bicyclic) bond motifs is 2. The molecule has 36 heavy (non-hydrogen) atoms. The van der Waals surface area contributed by atoms with Crippen molar-refractivity contribution in [1.82, 2.24) is 14.9 Å². The van der Waals surface area contributed by atoms with Gasteiger partial charge in [0.15, 0.2) is 0 Å². The number of carbonyl (C=O) groups is 2. The monoisotopic (exact) mass is 479 g/mol. The van der Waals surface area contributed by atoms with Crippen molar-refractivity contribution in [3.8, 4) is 22.3 Å². The number of nitrogens with zero attached hydrogens (tertiary/aromatic N) is 2. The summed E-state index contributed by atoms with van der Waals surface area (Å²) in [5, 5.41) is 10.5. The van der Waals surface area contributed by atoms with Gasteiger partial charge in [-0.2, -0.15) is 0 Å². The molecule has 4 aromatic rings. The van der Waals surface area contributed by atoms with Crippen molar-refractivity contribution in [3.05, 3.63) is 76.1 Å². The number of benzene rings is 2. The quantitative estimate of drug-likeness (QED) is 0.353. The first-order valence-electron chi connectivity index (χ1n) is 12.5. The van der Waals surface area contributed by atoms with Gasteiger partial charge in [0.2, 0.25) is 0 Å². The molecule has 3 heterocycles. The molecule has 2 aromatic carbocycles. The van der Waals surface area contributed by atoms with Gasteiger partial charge in [0, 0.05) is 47.1 Å². The first kappa shape index (κ1) is 22.5. The molecule has 1 atom stereocenters. The van der Waals surface area contributed by atoms with Crippen LogP contribution in [-0.4, -0.2) is 37.9 Å². The Bertz CT molecular complexity index is 1560. The Morgan fingerprint density at radius 1 is 1.03 bits per heavy atom. The number of amides is 1. The van der Waals surface area contributed by atoms with E-state index < -0.39 is 5.97 Å². The van der Waals surface area contributed by atoms with Crippen LogP contribution in [0.5, 0.6) is 0 Å². The second kappa shape index (κ2) is 8.05. The van der Waals surface area contributed by atoms with Gasteiger partial charge in [-0.3, -0.25) is 4.79 Å². The molecule has 0 saturated heterocycles. The lowest BCUT2D eigenvalue weighted by Gasteiger charge is -2.24. The van der Waals surface area contributed by atoms with E-state index in [1.54, 1.807) is 0 Å². The van der Waals surface area contributed by atoms with Crippen LogP contribution in [-0.2, 0) is 6.54 Å². The largest absolute Gasteiger partial charge is 0.478 e. The van der Waals surface area contributed by atoms with Crippen LogP contribution >= 0.6 is 0 Å². The Labute approximate surface area is 210 Å². The lowest BCUT2D eigenvalue weighted by molar-refractivity contribution is 0.0687. The predicted molar refractivity (Wildman–Crippen MR) is 140 cm³/mol. The van der Waals surface area contributed by atoms with Crippen LogP contribution in [0.4, 0.5) is 0 Å². The van der Waals surface area contributed by atoms with Crippen molar-refractivity contribution in [3.63, 3.8) is 0 Å². The topological polar surface area (TPSA) is 86.3 Å². The molecular weight excluding hydrogens is 450 g/mol. The lowest BCUT2D eigenvalue weighted by atomic mass is 9.94. The summed E-state index contributed by atoms with van der Waals surface area (Å²) < 4.78 is 0. The van der Waals surface area contributed by atoms with Crippen LogP contribution in [0, 0.1) is 26.7 Å². The number of carboxylic acids is 1. The molecule has 1 saturated carbocycles. The summed E-state index contributed by atoms with van der Waals surface area (Å²) in [5.74, 6) is -0.112. The Hall–Kier alpha value is -3.93. The molecule has 6 nitrogen and oxygen atoms in total. The number of hydrogen-bond acceptors (Lipinski definition) is 3. The molecule has 182 valence electrons. The fourth-order valence-corrected chi connectivity index (χ4v) is 5.88. The summed E-state index contributed by atoms with van der Waals surface area (Å²) in [7, 11) is 0. The Morgan fingerprint density at radius 3 is 2.39 bits per heavy atom. The molecule has 1 aliphatic heterocycles. The molecule has 0 bridgehead atoms. The van der Waals surface area contributed by atoms with E-state index in [9.17, 15) is 14.7 Å². The zero-order valence-electron chi connectivity index (χ0n) is 21.0. The number of aromatic carboxylic acids is 1. The fourth-order valence-electron chi connectivity index (χ4n) is 5.88. The second-order valence-corrected chi connectivity index (χ2v) is 10.5. The average Bonchev–Trinajstić information content (AvgIpc) is 3.50. The minimum Gasteiger partial charge on any atom is -0.478 e. The average molecular weight is 480 g/mol. The number of aromatic amines is 1. The van der Waals surface area contributed by atoms with E-state index >= 15 is 0 Å². The number of aromatic nitrogens is 2. The fraction of sp³-hybridized carbons (Fsp3) is 0.300. The molecule has 2 N–H and O–H groups in total. The zero-order chi connectivity index (χ0) is 25.3. The number of H-pyrrole nitrogens is 1. The number of pyridine rings is 1. The summed E-state index contributed by atoms with van der Waals surface area (Å²) in [6.07, 6.45) is 6.23. The summed E-state index contributed by atoms with van der Waals surface area (Å²) >= 11 is 0. The van der Waals surface area contributed by atoms with Crippen LogP contribution in [0.1, 0.15) is 62.7 Å². The van der Waals surface area contributed by atoms with Crippen LogP contribution in [0.15, 0.2) is 42.7 Å². The van der Waals surface area contributed by atoms with Gasteiger partial charge in [0.25, 0.3) is 5.91 Å². The highest BCUT2D eigenvalue weighted by molar-refractivity contribution is 6.01. The van der Waals surface area contributed by atoms with Crippen molar-refractivity contribution < 1.29 is 14.7 Å². The van der Waals surface area contributed by atoms with Crippen molar-refractivity contribution in [2.45, 2.75) is 53.1 Å². The maximum absolute atomic E-state index is 13.2. The van der Waals surface area contributed by atoms with Crippen LogP contribution in [0.25, 0.3) is 33.3 Å². The molecule has 0 spiro atoms. The van der Waals surface area contributed by atoms with E-state index in [0.29, 0.717) is 18.0 Å². The zero-order valence-corrected chi connectivity index (χ0v) is 21.0. The molecule has 0 radical (unpaired) electrons. The van der Waals surface area contributed by atoms with Crippen molar-refractivity contribution in [1.29, 1.82) is 0 Å².